The molecule has 1 unspecified atom stereocenters. The second-order valence-corrected chi connectivity index (χ2v) is 8.44. The van der Waals surface area contributed by atoms with Crippen molar-refractivity contribution in [1.29, 1.82) is 0 Å². The van der Waals surface area contributed by atoms with Crippen LogP contribution in [0.5, 0.6) is 0 Å². The Bertz CT molecular complexity index is 1500. The number of pyridine rings is 1. The standard InChI is InChI=1S/C25H17AsN4/c26-24-23-20(14-30(19-7-4-8-19)25(23)28-15-27-24)18-10-9-17-11-12-21(29-22(17)13-18)16-5-2-1-3-6-16/h1-15H,26H2. The Kier molecular flexibility index (Phi) is 3.93. The molecule has 1 aliphatic carbocycles. The van der Waals surface area contributed by atoms with Crippen molar-refractivity contribution >= 4 is 49.0 Å². The van der Waals surface area contributed by atoms with Crippen LogP contribution in [-0.4, -0.2) is 36.4 Å². The fraction of sp³-hybridized carbons (Fsp3) is 0. The molecule has 0 saturated heterocycles. The Morgan fingerprint density at radius 2 is 1.70 bits per heavy atom. The Hall–Kier alpha value is -3.49. The molecule has 0 bridgehead atoms. The van der Waals surface area contributed by atoms with Crippen molar-refractivity contribution in [1.82, 2.24) is 19.5 Å². The molecular weight excluding hydrogens is 431 g/mol. The number of benzene rings is 2. The van der Waals surface area contributed by atoms with Gasteiger partial charge in [0.05, 0.1) is 0 Å². The van der Waals surface area contributed by atoms with Crippen LogP contribution in [0.25, 0.3) is 50.0 Å². The SMILES string of the molecule is [AsH2]c1ncnc2c1c(-c1ccc3ccc(-c4ccccc4)nc3c1)cn2C1=CC=C1. The molecule has 2 aromatic carbocycles. The zero-order valence-corrected chi connectivity index (χ0v) is 18.4. The summed E-state index contributed by atoms with van der Waals surface area (Å²) in [4.78, 5) is 14.0. The Labute approximate surface area is 182 Å². The summed E-state index contributed by atoms with van der Waals surface area (Å²) in [6.45, 7) is 0. The van der Waals surface area contributed by atoms with Crippen molar-refractivity contribution in [3.63, 3.8) is 0 Å². The van der Waals surface area contributed by atoms with Crippen LogP contribution in [0.2, 0.25) is 0 Å². The fourth-order valence-electron chi connectivity index (χ4n) is 3.90. The molecule has 0 saturated carbocycles. The van der Waals surface area contributed by atoms with Crippen LogP contribution in [0.15, 0.2) is 91.4 Å². The number of hydrogen-bond acceptors (Lipinski definition) is 3. The number of rotatable bonds is 3. The Morgan fingerprint density at radius 1 is 0.867 bits per heavy atom. The summed E-state index contributed by atoms with van der Waals surface area (Å²) < 4.78 is 3.18. The maximum absolute atomic E-state index is 4.95. The monoisotopic (exact) mass is 448 g/mol. The number of nitrogens with zero attached hydrogens (tertiary/aromatic N) is 4. The number of aromatic nitrogens is 4. The molecule has 0 radical (unpaired) electrons. The molecule has 0 amide bonds. The molecule has 0 N–H and O–H groups in total. The van der Waals surface area contributed by atoms with Gasteiger partial charge in [-0.3, -0.25) is 0 Å². The van der Waals surface area contributed by atoms with E-state index in [2.05, 4.69) is 75.3 Å². The van der Waals surface area contributed by atoms with Crippen LogP contribution in [-0.2, 0) is 0 Å². The van der Waals surface area contributed by atoms with Crippen molar-refractivity contribution in [2.45, 2.75) is 0 Å². The molecule has 30 heavy (non-hydrogen) atoms. The first-order chi connectivity index (χ1) is 14.8. The first kappa shape index (κ1) is 17.4. The molecule has 6 rings (SSSR count). The van der Waals surface area contributed by atoms with Gasteiger partial charge in [-0.05, 0) is 0 Å². The Balaban J connectivity index is 1.55. The van der Waals surface area contributed by atoms with Crippen LogP contribution in [0.1, 0.15) is 0 Å². The van der Waals surface area contributed by atoms with Crippen LogP contribution >= 0.6 is 0 Å². The summed E-state index contributed by atoms with van der Waals surface area (Å²) in [5.74, 6) is 0. The van der Waals surface area contributed by atoms with Crippen molar-refractivity contribution in [2.24, 2.45) is 0 Å². The zero-order chi connectivity index (χ0) is 20.1. The van der Waals surface area contributed by atoms with Gasteiger partial charge in [0, 0.05) is 0 Å². The quantitative estimate of drug-likeness (QED) is 0.392. The molecule has 1 atom stereocenters. The van der Waals surface area contributed by atoms with Gasteiger partial charge in [-0.2, -0.15) is 0 Å². The third kappa shape index (κ3) is 2.72. The number of allylic oxidation sites excluding steroid dienone is 4. The van der Waals surface area contributed by atoms with E-state index < -0.39 is 0 Å². The van der Waals surface area contributed by atoms with Gasteiger partial charge in [-0.25, -0.2) is 0 Å². The summed E-state index contributed by atoms with van der Waals surface area (Å²) >= 11 is 1.51. The third-order valence-corrected chi connectivity index (χ3v) is 6.42. The zero-order valence-electron chi connectivity index (χ0n) is 16.0. The molecule has 3 heterocycles. The van der Waals surface area contributed by atoms with Crippen molar-refractivity contribution in [3.8, 4) is 22.4 Å². The van der Waals surface area contributed by atoms with Gasteiger partial charge in [0.1, 0.15) is 0 Å². The molecule has 5 heteroatoms. The van der Waals surface area contributed by atoms with E-state index in [-0.39, 0.29) is 0 Å². The van der Waals surface area contributed by atoms with Gasteiger partial charge in [-0.1, -0.05) is 0 Å². The molecule has 4 nitrogen and oxygen atoms in total. The first-order valence-electron chi connectivity index (χ1n) is 9.75. The average Bonchev–Trinajstić information content (AvgIpc) is 3.13. The Morgan fingerprint density at radius 3 is 2.50 bits per heavy atom. The molecular formula is C25H17AsN4. The van der Waals surface area contributed by atoms with Crippen molar-refractivity contribution in [3.05, 3.63) is 91.4 Å². The van der Waals surface area contributed by atoms with E-state index in [1.807, 2.05) is 24.3 Å². The van der Waals surface area contributed by atoms with E-state index >= 15 is 0 Å². The topological polar surface area (TPSA) is 43.6 Å². The average molecular weight is 448 g/mol. The summed E-state index contributed by atoms with van der Waals surface area (Å²) in [5.41, 5.74) is 7.44. The summed E-state index contributed by atoms with van der Waals surface area (Å²) in [6, 6.07) is 21.0. The van der Waals surface area contributed by atoms with Crippen molar-refractivity contribution < 1.29 is 0 Å². The van der Waals surface area contributed by atoms with Crippen molar-refractivity contribution in [2.75, 3.05) is 0 Å². The van der Waals surface area contributed by atoms with Crippen LogP contribution in [0, 0.1) is 0 Å². The van der Waals surface area contributed by atoms with E-state index in [9.17, 15) is 0 Å². The van der Waals surface area contributed by atoms with E-state index in [0.29, 0.717) is 0 Å². The minimum atomic E-state index is 0.945. The second kappa shape index (κ2) is 6.79. The molecule has 1 aliphatic rings. The van der Waals surface area contributed by atoms with Gasteiger partial charge >= 0.3 is 182 Å². The summed E-state index contributed by atoms with van der Waals surface area (Å²) in [5, 5.41) is 2.24. The molecule has 0 spiro atoms. The summed E-state index contributed by atoms with van der Waals surface area (Å²) in [6.07, 6.45) is 10.1. The molecule has 0 fully saturated rings. The van der Waals surface area contributed by atoms with Gasteiger partial charge in [0.15, 0.2) is 0 Å². The van der Waals surface area contributed by atoms with Crippen LogP contribution < -0.4 is 4.48 Å². The molecule has 5 aromatic rings. The predicted octanol–water partition coefficient (Wildman–Crippen LogP) is 3.98. The van der Waals surface area contributed by atoms with Crippen LogP contribution in [0.4, 0.5) is 0 Å². The van der Waals surface area contributed by atoms with Crippen LogP contribution in [0.3, 0.4) is 0 Å². The summed E-state index contributed by atoms with van der Waals surface area (Å²) in [7, 11) is 0. The molecule has 3 aromatic heterocycles. The number of fused-ring (bicyclic) bond motifs is 2. The van der Waals surface area contributed by atoms with E-state index in [0.717, 1.165) is 54.5 Å². The third-order valence-electron chi connectivity index (χ3n) is 5.50. The van der Waals surface area contributed by atoms with Gasteiger partial charge in [0.25, 0.3) is 0 Å². The maximum atomic E-state index is 4.95. The van der Waals surface area contributed by atoms with Gasteiger partial charge < -0.3 is 0 Å². The fourth-order valence-corrected chi connectivity index (χ4v) is 4.64. The van der Waals surface area contributed by atoms with Gasteiger partial charge in [-0.15, -0.1) is 0 Å². The molecule has 142 valence electrons. The van der Waals surface area contributed by atoms with E-state index in [4.69, 9.17) is 4.98 Å². The first-order valence-corrected chi connectivity index (χ1v) is 11.0. The van der Waals surface area contributed by atoms with E-state index in [1.165, 1.54) is 16.9 Å². The molecule has 0 aliphatic heterocycles. The number of hydrogen-bond donors (Lipinski definition) is 0. The second-order valence-electron chi connectivity index (χ2n) is 7.29. The predicted molar refractivity (Wildman–Crippen MR) is 125 cm³/mol. The van der Waals surface area contributed by atoms with E-state index in [1.54, 1.807) is 6.33 Å². The van der Waals surface area contributed by atoms with Gasteiger partial charge in [0.2, 0.25) is 0 Å². The minimum absolute atomic E-state index is 0.945. The normalized spacial score (nSPS) is 12.9.